The fraction of sp³-hybridized carbons (Fsp3) is 0.357. The number of hydrogen-bond acceptors (Lipinski definition) is 6. The molecule has 2 aliphatic rings. The van der Waals surface area contributed by atoms with Crippen molar-refractivity contribution in [1.82, 2.24) is 19.8 Å². The molecule has 1 aliphatic carbocycles. The second-order valence-electron chi connectivity index (χ2n) is 9.56. The van der Waals surface area contributed by atoms with Crippen molar-refractivity contribution < 1.29 is 22.8 Å². The first-order chi connectivity index (χ1) is 18.6. The minimum atomic E-state index is -4.46. The lowest BCUT2D eigenvalue weighted by Gasteiger charge is -2.35. The fourth-order valence-corrected chi connectivity index (χ4v) is 4.30. The van der Waals surface area contributed by atoms with Crippen molar-refractivity contribution in [1.29, 1.82) is 0 Å². The monoisotopic (exact) mass is 538 g/mol. The molecule has 2 aromatic heterocycles. The number of carbonyl (C=O) groups is 2. The maximum Gasteiger partial charge on any atom is 0.395 e. The van der Waals surface area contributed by atoms with Crippen molar-refractivity contribution in [2.24, 2.45) is 5.92 Å². The number of halogens is 3. The van der Waals surface area contributed by atoms with Gasteiger partial charge in [-0.05, 0) is 43.3 Å². The average molecular weight is 539 g/mol. The molecule has 0 bridgehead atoms. The largest absolute Gasteiger partial charge is 0.395 e. The molecule has 204 valence electrons. The third-order valence-electron chi connectivity index (χ3n) is 6.48. The van der Waals surface area contributed by atoms with Crippen LogP contribution in [0.2, 0.25) is 0 Å². The number of carbonyl (C=O) groups excluding carboxylic acids is 2. The molecular weight excluding hydrogens is 509 g/mol. The highest BCUT2D eigenvalue weighted by molar-refractivity contribution is 6.03. The molecule has 4 rings (SSSR count). The Morgan fingerprint density at radius 1 is 1.00 bits per heavy atom. The average Bonchev–Trinajstić information content (AvgIpc) is 2.89. The van der Waals surface area contributed by atoms with E-state index in [1.54, 1.807) is 24.3 Å². The lowest BCUT2D eigenvalue weighted by molar-refractivity contribution is -0.165. The lowest BCUT2D eigenvalue weighted by Crippen LogP contribution is -2.46. The van der Waals surface area contributed by atoms with Gasteiger partial charge in [-0.1, -0.05) is 24.0 Å². The Morgan fingerprint density at radius 3 is 2.41 bits per heavy atom. The minimum Gasteiger partial charge on any atom is -0.311 e. The molecule has 39 heavy (non-hydrogen) atoms. The molecule has 1 fully saturated rings. The van der Waals surface area contributed by atoms with E-state index >= 15 is 0 Å². The normalized spacial score (nSPS) is 18.3. The Bertz CT molecular complexity index is 1330. The molecule has 11 heteroatoms. The Kier molecular flexibility index (Phi) is 8.79. The summed E-state index contributed by atoms with van der Waals surface area (Å²) < 4.78 is 41.8. The molecule has 1 unspecified atom stereocenters. The molecule has 2 amide bonds. The zero-order valence-corrected chi connectivity index (χ0v) is 21.7. The molecule has 0 radical (unpaired) electrons. The predicted molar refractivity (Wildman–Crippen MR) is 142 cm³/mol. The summed E-state index contributed by atoms with van der Waals surface area (Å²) in [4.78, 5) is 36.3. The topological polar surface area (TPSA) is 90.5 Å². The van der Waals surface area contributed by atoms with Crippen LogP contribution < -0.4 is 10.6 Å². The first-order valence-corrected chi connectivity index (χ1v) is 12.5. The Morgan fingerprint density at radius 2 is 1.74 bits per heavy atom. The Hall–Kier alpha value is -4.01. The van der Waals surface area contributed by atoms with E-state index in [-0.39, 0.29) is 29.4 Å². The number of anilines is 2. The molecule has 2 N–H and O–H groups in total. The minimum absolute atomic E-state index is 0.0445. The summed E-state index contributed by atoms with van der Waals surface area (Å²) in [6.07, 6.45) is 1.01. The number of likely N-dealkylation sites (N-methyl/N-ethyl adjacent to an activating group) is 1. The molecule has 0 spiro atoms. The van der Waals surface area contributed by atoms with Crippen molar-refractivity contribution in [3.8, 4) is 11.8 Å². The summed E-state index contributed by atoms with van der Waals surface area (Å²) >= 11 is 0. The van der Waals surface area contributed by atoms with Crippen LogP contribution in [0.4, 0.5) is 24.8 Å². The summed E-state index contributed by atoms with van der Waals surface area (Å²) in [5.74, 6) is 3.90. The van der Waals surface area contributed by atoms with Gasteiger partial charge in [0.1, 0.15) is 11.6 Å². The van der Waals surface area contributed by atoms with Crippen molar-refractivity contribution in [3.05, 3.63) is 71.1 Å². The third-order valence-corrected chi connectivity index (χ3v) is 6.48. The predicted octanol–water partition coefficient (Wildman–Crippen LogP) is 3.46. The highest BCUT2D eigenvalue weighted by Crippen LogP contribution is 2.39. The van der Waals surface area contributed by atoms with Gasteiger partial charge in [0.2, 0.25) is 5.91 Å². The van der Waals surface area contributed by atoms with Gasteiger partial charge < -0.3 is 15.5 Å². The van der Waals surface area contributed by atoms with Crippen LogP contribution >= 0.6 is 0 Å². The number of amides is 2. The fourth-order valence-electron chi connectivity index (χ4n) is 4.30. The van der Waals surface area contributed by atoms with E-state index in [2.05, 4.69) is 37.3 Å². The van der Waals surface area contributed by atoms with Gasteiger partial charge >= 0.3 is 6.18 Å². The first kappa shape index (κ1) is 28.0. The van der Waals surface area contributed by atoms with Gasteiger partial charge in [-0.3, -0.25) is 14.5 Å². The van der Waals surface area contributed by atoms with Crippen molar-refractivity contribution in [2.75, 3.05) is 50.4 Å². The van der Waals surface area contributed by atoms with Crippen LogP contribution in [0.1, 0.15) is 24.5 Å². The number of nitrogens with zero attached hydrogens (tertiary/aromatic N) is 4. The smallest absolute Gasteiger partial charge is 0.311 e. The first-order valence-electron chi connectivity index (χ1n) is 12.5. The number of allylic oxidation sites excluding steroid dienone is 2. The molecule has 3 heterocycles. The highest BCUT2D eigenvalue weighted by Gasteiger charge is 2.44. The number of alkyl halides is 3. The summed E-state index contributed by atoms with van der Waals surface area (Å²) in [6, 6.07) is 6.52. The number of aromatic nitrogens is 2. The van der Waals surface area contributed by atoms with E-state index in [1.807, 2.05) is 11.9 Å². The van der Waals surface area contributed by atoms with Gasteiger partial charge in [0, 0.05) is 68.7 Å². The van der Waals surface area contributed by atoms with Crippen molar-refractivity contribution >= 4 is 23.5 Å². The number of rotatable bonds is 5. The molecule has 8 nitrogen and oxygen atoms in total. The Labute approximate surface area is 225 Å². The maximum absolute atomic E-state index is 13.9. The zero-order valence-electron chi connectivity index (χ0n) is 21.7. The lowest BCUT2D eigenvalue weighted by atomic mass is 9.85. The van der Waals surface area contributed by atoms with Crippen molar-refractivity contribution in [2.45, 2.75) is 19.5 Å². The summed E-state index contributed by atoms with van der Waals surface area (Å²) in [5, 5.41) is 5.17. The maximum atomic E-state index is 13.9. The van der Waals surface area contributed by atoms with E-state index in [9.17, 15) is 22.8 Å². The molecule has 1 saturated heterocycles. The van der Waals surface area contributed by atoms with Gasteiger partial charge in [-0.15, -0.1) is 0 Å². The van der Waals surface area contributed by atoms with Crippen LogP contribution in [0.15, 0.2) is 60.0 Å². The van der Waals surface area contributed by atoms with Gasteiger partial charge in [-0.25, -0.2) is 9.97 Å². The summed E-state index contributed by atoms with van der Waals surface area (Å²) in [6.45, 7) is 4.66. The number of piperazine rings is 1. The molecule has 1 aliphatic heterocycles. The zero-order chi connectivity index (χ0) is 28.0. The van der Waals surface area contributed by atoms with Crippen LogP contribution in [-0.4, -0.2) is 77.5 Å². The van der Waals surface area contributed by atoms with E-state index in [1.165, 1.54) is 31.5 Å². The quantitative estimate of drug-likeness (QED) is 0.567. The SMILES string of the molecule is CC(=O)Nc1ccc(C#Cc2ccnc(NC(=O)C3=CC=C(CN4CCN(C)CC4)C(C(F)(F)F)C3)c2)cn1. The van der Waals surface area contributed by atoms with Crippen LogP contribution in [0.25, 0.3) is 0 Å². The Balaban J connectivity index is 1.43. The van der Waals surface area contributed by atoms with Crippen LogP contribution in [0.5, 0.6) is 0 Å². The molecule has 0 aromatic carbocycles. The number of nitrogens with one attached hydrogen (secondary N) is 2. The standard InChI is InChI=1S/C28H29F3N6O2/c1-19(38)34-25-8-5-21(17-33-25)4-3-20-9-10-32-26(15-20)35-27(39)22-6-7-23(24(16-22)28(29,30)31)18-37-13-11-36(2)12-14-37/h5-10,15,17,24H,11-14,16,18H2,1-2H3,(H,32,35,39)(H,33,34,38). The van der Waals surface area contributed by atoms with Gasteiger partial charge in [0.25, 0.3) is 5.91 Å². The van der Waals surface area contributed by atoms with Crippen LogP contribution in [0.3, 0.4) is 0 Å². The van der Waals surface area contributed by atoms with Gasteiger partial charge in [-0.2, -0.15) is 13.2 Å². The summed E-state index contributed by atoms with van der Waals surface area (Å²) in [5.41, 5.74) is 1.48. The van der Waals surface area contributed by atoms with E-state index in [0.717, 1.165) is 13.1 Å². The number of hydrogen-bond donors (Lipinski definition) is 2. The van der Waals surface area contributed by atoms with Gasteiger partial charge in [0.05, 0.1) is 5.92 Å². The molecule has 1 atom stereocenters. The van der Waals surface area contributed by atoms with E-state index in [4.69, 9.17) is 0 Å². The van der Waals surface area contributed by atoms with Crippen LogP contribution in [0, 0.1) is 17.8 Å². The second kappa shape index (κ2) is 12.2. The van der Waals surface area contributed by atoms with Crippen LogP contribution in [-0.2, 0) is 9.59 Å². The van der Waals surface area contributed by atoms with E-state index in [0.29, 0.717) is 30.0 Å². The second-order valence-corrected chi connectivity index (χ2v) is 9.56. The van der Waals surface area contributed by atoms with E-state index < -0.39 is 24.4 Å². The van der Waals surface area contributed by atoms with Gasteiger partial charge in [0.15, 0.2) is 0 Å². The summed E-state index contributed by atoms with van der Waals surface area (Å²) in [7, 11) is 1.99. The molecule has 0 saturated carbocycles. The third kappa shape index (κ3) is 7.99. The van der Waals surface area contributed by atoms with Crippen molar-refractivity contribution in [3.63, 3.8) is 0 Å². The molecular formula is C28H29F3N6O2. The highest BCUT2D eigenvalue weighted by atomic mass is 19.4. The number of pyridine rings is 2. The molecule has 2 aromatic rings.